The molecule has 9 nitrogen and oxygen atoms in total. The molecule has 0 fully saturated rings. The molecule has 4 rings (SSSR count). The third-order valence-corrected chi connectivity index (χ3v) is 6.59. The van der Waals surface area contributed by atoms with E-state index in [1.807, 2.05) is 13.0 Å². The molecule has 12 heteroatoms. The minimum absolute atomic E-state index is 0.126. The van der Waals surface area contributed by atoms with Crippen LogP contribution in [0.1, 0.15) is 28.4 Å². The monoisotopic (exact) mass is 572 g/mol. The molecule has 0 atom stereocenters. The maximum absolute atomic E-state index is 11.8. The van der Waals surface area contributed by atoms with Crippen LogP contribution in [0, 0.1) is 11.7 Å². The van der Waals surface area contributed by atoms with Gasteiger partial charge in [-0.25, -0.2) is 14.8 Å². The molecule has 0 amide bonds. The third kappa shape index (κ3) is 6.83. The lowest BCUT2D eigenvalue weighted by molar-refractivity contribution is 0.0698. The summed E-state index contributed by atoms with van der Waals surface area (Å²) in [6, 6.07) is 13.7. The van der Waals surface area contributed by atoms with Crippen LogP contribution in [0.2, 0.25) is 10.0 Å². The van der Waals surface area contributed by atoms with Crippen LogP contribution in [0.4, 0.5) is 22.9 Å². The number of oxazole rings is 1. The second kappa shape index (κ2) is 12.8. The summed E-state index contributed by atoms with van der Waals surface area (Å²) in [6.45, 7) is 2.74. The number of thiol groups is 1. The number of carboxylic acid groups (broad SMARTS) is 1. The Morgan fingerprint density at radius 2 is 1.95 bits per heavy atom. The topological polar surface area (TPSA) is 136 Å². The number of nitrogens with zero attached hydrogens (tertiary/aromatic N) is 2. The number of carbonyl (C=O) groups is 1. The van der Waals surface area contributed by atoms with E-state index >= 15 is 0 Å². The first-order valence-electron chi connectivity index (χ1n) is 11.7. The fourth-order valence-corrected chi connectivity index (χ4v) is 4.44. The van der Waals surface area contributed by atoms with Gasteiger partial charge in [-0.1, -0.05) is 35.3 Å². The molecule has 0 spiro atoms. The standard InChI is InChI=1S/C26H26Cl2N6O3S/c1-15-11-21(30-9-4-10-38-29)24(25(33-15)34-20-6-3-2-5-17(20)26(35)36)32-14-23-31-13-22(37-23)18-12-16(27)7-8-19(18)28/h2-3,5-8,11-13,29,32,38H,4,9-10,14H2,1H3,(H,35,36)(H2,30,33,34). The summed E-state index contributed by atoms with van der Waals surface area (Å²) in [5.74, 6) is 1.05. The highest BCUT2D eigenvalue weighted by atomic mass is 35.5. The van der Waals surface area contributed by atoms with Crippen molar-refractivity contribution in [3.05, 3.63) is 81.9 Å². The van der Waals surface area contributed by atoms with Crippen LogP contribution in [0.3, 0.4) is 0 Å². The van der Waals surface area contributed by atoms with E-state index in [1.165, 1.54) is 6.07 Å². The molecule has 0 radical (unpaired) electrons. The van der Waals surface area contributed by atoms with Crippen LogP contribution in [0.25, 0.3) is 11.3 Å². The van der Waals surface area contributed by atoms with Gasteiger partial charge in [-0.3, -0.25) is 4.78 Å². The normalized spacial score (nSPS) is 10.8. The van der Waals surface area contributed by atoms with Gasteiger partial charge in [0.1, 0.15) is 5.69 Å². The molecule has 0 saturated carbocycles. The van der Waals surface area contributed by atoms with Gasteiger partial charge in [0.2, 0.25) is 5.89 Å². The zero-order chi connectivity index (χ0) is 27.1. The largest absolute Gasteiger partial charge is 0.478 e. The molecule has 5 N–H and O–H groups in total. The quantitative estimate of drug-likeness (QED) is 0.0806. The minimum Gasteiger partial charge on any atom is -0.478 e. The summed E-state index contributed by atoms with van der Waals surface area (Å²) >= 11 is 13.0. The number of carboxylic acids is 1. The van der Waals surface area contributed by atoms with Crippen LogP contribution < -0.4 is 16.0 Å². The summed E-state index contributed by atoms with van der Waals surface area (Å²) in [7, 11) is 0. The Bertz CT molecular complexity index is 1460. The van der Waals surface area contributed by atoms with E-state index in [0.717, 1.165) is 23.6 Å². The molecular weight excluding hydrogens is 547 g/mol. The van der Waals surface area contributed by atoms with Gasteiger partial charge >= 0.3 is 5.97 Å². The van der Waals surface area contributed by atoms with E-state index in [2.05, 4.69) is 25.9 Å². The van der Waals surface area contributed by atoms with Crippen molar-refractivity contribution < 1.29 is 14.3 Å². The molecule has 0 aliphatic rings. The van der Waals surface area contributed by atoms with Crippen molar-refractivity contribution in [1.82, 2.24) is 9.97 Å². The number of anilines is 4. The Morgan fingerprint density at radius 3 is 2.74 bits per heavy atom. The fraction of sp³-hybridized carbons (Fsp3) is 0.192. The Hall–Kier alpha value is -3.60. The van der Waals surface area contributed by atoms with Gasteiger partial charge in [-0.2, -0.15) is 0 Å². The first kappa shape index (κ1) is 27.4. The molecule has 0 aliphatic heterocycles. The third-order valence-electron chi connectivity index (χ3n) is 5.48. The van der Waals surface area contributed by atoms with Crippen molar-refractivity contribution in [2.45, 2.75) is 19.9 Å². The number of hydrogen-bond donors (Lipinski definition) is 6. The average Bonchev–Trinajstić information content (AvgIpc) is 3.36. The Kier molecular flexibility index (Phi) is 9.22. The zero-order valence-corrected chi connectivity index (χ0v) is 22.8. The van der Waals surface area contributed by atoms with Crippen LogP contribution in [0.5, 0.6) is 0 Å². The first-order chi connectivity index (χ1) is 18.4. The zero-order valence-electron chi connectivity index (χ0n) is 20.4. The molecule has 0 saturated heterocycles. The summed E-state index contributed by atoms with van der Waals surface area (Å²) in [5, 5.41) is 20.6. The maximum atomic E-state index is 11.8. The lowest BCUT2D eigenvalue weighted by Crippen LogP contribution is -2.12. The van der Waals surface area contributed by atoms with Crippen LogP contribution in [0.15, 0.2) is 59.1 Å². The molecule has 38 heavy (non-hydrogen) atoms. The van der Waals surface area contributed by atoms with Crippen LogP contribution >= 0.6 is 23.2 Å². The van der Waals surface area contributed by atoms with Crippen molar-refractivity contribution in [2.24, 2.45) is 0 Å². The lowest BCUT2D eigenvalue weighted by Gasteiger charge is -2.19. The first-order valence-corrected chi connectivity index (χ1v) is 13.5. The van der Waals surface area contributed by atoms with Crippen molar-refractivity contribution in [1.29, 1.82) is 4.78 Å². The Balaban J connectivity index is 1.64. The summed E-state index contributed by atoms with van der Waals surface area (Å²) < 4.78 is 13.3. The number of nitrogens with one attached hydrogen (secondary N) is 4. The maximum Gasteiger partial charge on any atom is 0.337 e. The number of benzene rings is 2. The van der Waals surface area contributed by atoms with Gasteiger partial charge in [-0.15, -0.1) is 11.6 Å². The van der Waals surface area contributed by atoms with Crippen molar-refractivity contribution in [3.8, 4) is 11.3 Å². The molecule has 4 aromatic rings. The van der Waals surface area contributed by atoms with Gasteiger partial charge in [0.05, 0.1) is 34.7 Å². The van der Waals surface area contributed by atoms with E-state index < -0.39 is 5.97 Å². The molecular formula is C26H26Cl2N6O3S. The Morgan fingerprint density at radius 1 is 1.13 bits per heavy atom. The van der Waals surface area contributed by atoms with Gasteiger partial charge in [-0.05, 0) is 49.7 Å². The van der Waals surface area contributed by atoms with E-state index in [0.29, 0.717) is 62.6 Å². The number of aromatic carboxylic acids is 1. The van der Waals surface area contributed by atoms with Gasteiger partial charge in [0.25, 0.3) is 0 Å². The molecule has 198 valence electrons. The highest BCUT2D eigenvalue weighted by Gasteiger charge is 2.17. The molecule has 0 aliphatic carbocycles. The Labute approximate surface area is 233 Å². The lowest BCUT2D eigenvalue weighted by atomic mass is 10.1. The highest BCUT2D eigenvalue weighted by Crippen LogP contribution is 2.35. The average molecular weight is 574 g/mol. The van der Waals surface area contributed by atoms with Gasteiger partial charge in [0, 0.05) is 28.6 Å². The highest BCUT2D eigenvalue weighted by molar-refractivity contribution is 7.66. The molecule has 0 unspecified atom stereocenters. The molecule has 2 aromatic carbocycles. The number of aromatic nitrogens is 2. The second-order valence-electron chi connectivity index (χ2n) is 8.27. The predicted octanol–water partition coefficient (Wildman–Crippen LogP) is 6.78. The molecule has 2 aromatic heterocycles. The number of rotatable bonds is 12. The number of hydrogen-bond acceptors (Lipinski definition) is 8. The van der Waals surface area contributed by atoms with Gasteiger partial charge in [0.15, 0.2) is 11.6 Å². The van der Waals surface area contributed by atoms with E-state index in [-0.39, 0.29) is 12.1 Å². The summed E-state index contributed by atoms with van der Waals surface area (Å²) in [5.41, 5.74) is 3.31. The van der Waals surface area contributed by atoms with Crippen LogP contribution in [-0.2, 0) is 18.1 Å². The molecule has 2 heterocycles. The number of pyridine rings is 1. The van der Waals surface area contributed by atoms with Crippen molar-refractivity contribution in [2.75, 3.05) is 28.2 Å². The minimum atomic E-state index is -1.05. The second-order valence-corrected chi connectivity index (χ2v) is 9.88. The molecule has 0 bridgehead atoms. The van der Waals surface area contributed by atoms with Crippen LogP contribution in [-0.4, -0.2) is 33.3 Å². The SMILES string of the molecule is Cc1cc(NCCC[SH]=N)c(NCc2ncc(-c3cc(Cl)ccc3Cl)o2)c(Nc2ccccc2C(=O)O)n1. The van der Waals surface area contributed by atoms with E-state index in [4.69, 9.17) is 32.4 Å². The van der Waals surface area contributed by atoms with Gasteiger partial charge < -0.3 is 25.5 Å². The van der Waals surface area contributed by atoms with Crippen molar-refractivity contribution in [3.63, 3.8) is 0 Å². The number of halogens is 2. The van der Waals surface area contributed by atoms with Crippen molar-refractivity contribution >= 4 is 63.6 Å². The predicted molar refractivity (Wildman–Crippen MR) is 154 cm³/mol. The number of para-hydroxylation sites is 1. The van der Waals surface area contributed by atoms with E-state index in [9.17, 15) is 9.90 Å². The number of aryl methyl sites for hydroxylation is 1. The fourth-order valence-electron chi connectivity index (χ4n) is 3.74. The summed E-state index contributed by atoms with van der Waals surface area (Å²) in [4.78, 5) is 20.8. The van der Waals surface area contributed by atoms with E-state index in [1.54, 1.807) is 42.6 Å². The smallest absolute Gasteiger partial charge is 0.337 e. The summed E-state index contributed by atoms with van der Waals surface area (Å²) in [6.07, 6.45) is 2.41.